The fourth-order valence-electron chi connectivity index (χ4n) is 2.76. The molecular formula is C15H22N2O3S. The van der Waals surface area contributed by atoms with Crippen molar-refractivity contribution in [3.05, 3.63) is 29.3 Å². The SMILES string of the molecule is CCc1ccc(S(N)(=O)=O)cc1C(=O)NC1CCCCC1. The summed E-state index contributed by atoms with van der Waals surface area (Å²) < 4.78 is 22.9. The van der Waals surface area contributed by atoms with Gasteiger partial charge in [-0.15, -0.1) is 0 Å². The summed E-state index contributed by atoms with van der Waals surface area (Å²) in [5, 5.41) is 8.16. The number of nitrogens with one attached hydrogen (secondary N) is 1. The van der Waals surface area contributed by atoms with E-state index < -0.39 is 10.0 Å². The van der Waals surface area contributed by atoms with Crippen LogP contribution in [0.5, 0.6) is 0 Å². The van der Waals surface area contributed by atoms with Crippen molar-refractivity contribution in [2.24, 2.45) is 5.14 Å². The highest BCUT2D eigenvalue weighted by Gasteiger charge is 2.20. The summed E-state index contributed by atoms with van der Waals surface area (Å²) in [4.78, 5) is 12.4. The Morgan fingerprint density at radius 1 is 1.29 bits per heavy atom. The van der Waals surface area contributed by atoms with Crippen LogP contribution in [0.2, 0.25) is 0 Å². The average Bonchev–Trinajstić information content (AvgIpc) is 2.46. The molecule has 0 radical (unpaired) electrons. The van der Waals surface area contributed by atoms with E-state index in [0.29, 0.717) is 12.0 Å². The maximum Gasteiger partial charge on any atom is 0.251 e. The van der Waals surface area contributed by atoms with Gasteiger partial charge in [0, 0.05) is 11.6 Å². The Hall–Kier alpha value is -1.40. The second kappa shape index (κ2) is 6.58. The minimum atomic E-state index is -3.80. The Kier molecular flexibility index (Phi) is 5.00. The van der Waals surface area contributed by atoms with Gasteiger partial charge in [-0.05, 0) is 37.0 Å². The molecule has 3 N–H and O–H groups in total. The summed E-state index contributed by atoms with van der Waals surface area (Å²) >= 11 is 0. The van der Waals surface area contributed by atoms with Gasteiger partial charge in [0.25, 0.3) is 5.91 Å². The molecule has 0 aliphatic heterocycles. The van der Waals surface area contributed by atoms with Crippen molar-refractivity contribution >= 4 is 15.9 Å². The van der Waals surface area contributed by atoms with E-state index in [4.69, 9.17) is 5.14 Å². The third-order valence-electron chi connectivity index (χ3n) is 3.98. The third kappa shape index (κ3) is 4.04. The second-order valence-electron chi connectivity index (χ2n) is 5.53. The first-order chi connectivity index (χ1) is 9.91. The number of primary sulfonamides is 1. The van der Waals surface area contributed by atoms with Crippen LogP contribution in [0.1, 0.15) is 54.9 Å². The first kappa shape index (κ1) is 16.0. The van der Waals surface area contributed by atoms with E-state index in [0.717, 1.165) is 31.2 Å². The van der Waals surface area contributed by atoms with Crippen LogP contribution < -0.4 is 10.5 Å². The molecule has 1 aliphatic carbocycles. The highest BCUT2D eigenvalue weighted by atomic mass is 32.2. The van der Waals surface area contributed by atoms with E-state index >= 15 is 0 Å². The Labute approximate surface area is 126 Å². The molecule has 0 atom stereocenters. The molecule has 116 valence electrons. The summed E-state index contributed by atoms with van der Waals surface area (Å²) in [7, 11) is -3.80. The molecule has 5 nitrogen and oxygen atoms in total. The molecule has 1 fully saturated rings. The van der Waals surface area contributed by atoms with Crippen LogP contribution in [0.3, 0.4) is 0 Å². The van der Waals surface area contributed by atoms with E-state index in [1.165, 1.54) is 18.6 Å². The van der Waals surface area contributed by atoms with E-state index in [-0.39, 0.29) is 16.8 Å². The molecule has 0 unspecified atom stereocenters. The van der Waals surface area contributed by atoms with Crippen molar-refractivity contribution in [2.75, 3.05) is 0 Å². The number of sulfonamides is 1. The molecule has 0 aromatic heterocycles. The van der Waals surface area contributed by atoms with Crippen molar-refractivity contribution < 1.29 is 13.2 Å². The molecular weight excluding hydrogens is 288 g/mol. The quantitative estimate of drug-likeness (QED) is 0.891. The maximum atomic E-state index is 12.4. The van der Waals surface area contributed by atoms with Crippen LogP contribution in [-0.2, 0) is 16.4 Å². The average molecular weight is 310 g/mol. The number of carbonyl (C=O) groups is 1. The highest BCUT2D eigenvalue weighted by molar-refractivity contribution is 7.89. The molecule has 2 rings (SSSR count). The topological polar surface area (TPSA) is 89.3 Å². The lowest BCUT2D eigenvalue weighted by Gasteiger charge is -2.23. The summed E-state index contributed by atoms with van der Waals surface area (Å²) in [5.74, 6) is -0.204. The van der Waals surface area contributed by atoms with Crippen molar-refractivity contribution in [3.63, 3.8) is 0 Å². The zero-order chi connectivity index (χ0) is 15.5. The second-order valence-corrected chi connectivity index (χ2v) is 7.09. The molecule has 0 heterocycles. The normalized spacial score (nSPS) is 16.7. The van der Waals surface area contributed by atoms with Gasteiger partial charge >= 0.3 is 0 Å². The Morgan fingerprint density at radius 2 is 1.95 bits per heavy atom. The minimum Gasteiger partial charge on any atom is -0.349 e. The van der Waals surface area contributed by atoms with Crippen LogP contribution in [0.15, 0.2) is 23.1 Å². The summed E-state index contributed by atoms with van der Waals surface area (Å²) in [6.45, 7) is 1.93. The molecule has 1 aromatic carbocycles. The van der Waals surface area contributed by atoms with Gasteiger partial charge in [0.05, 0.1) is 4.90 Å². The number of aryl methyl sites for hydroxylation is 1. The fraction of sp³-hybridized carbons (Fsp3) is 0.533. The predicted molar refractivity (Wildman–Crippen MR) is 81.5 cm³/mol. The summed E-state index contributed by atoms with van der Waals surface area (Å²) in [5.41, 5.74) is 1.24. The predicted octanol–water partition coefficient (Wildman–Crippen LogP) is 1.96. The zero-order valence-electron chi connectivity index (χ0n) is 12.3. The zero-order valence-corrected chi connectivity index (χ0v) is 13.1. The first-order valence-corrected chi connectivity index (χ1v) is 8.93. The van der Waals surface area contributed by atoms with Gasteiger partial charge in [-0.1, -0.05) is 32.3 Å². The lowest BCUT2D eigenvalue weighted by molar-refractivity contribution is 0.0926. The molecule has 1 amide bonds. The number of hydrogen-bond acceptors (Lipinski definition) is 3. The lowest BCUT2D eigenvalue weighted by Crippen LogP contribution is -2.36. The number of amides is 1. The highest BCUT2D eigenvalue weighted by Crippen LogP contribution is 2.20. The molecule has 1 saturated carbocycles. The van der Waals surface area contributed by atoms with Crippen molar-refractivity contribution in [2.45, 2.75) is 56.4 Å². The monoisotopic (exact) mass is 310 g/mol. The first-order valence-electron chi connectivity index (χ1n) is 7.38. The molecule has 21 heavy (non-hydrogen) atoms. The number of hydrogen-bond donors (Lipinski definition) is 2. The fourth-order valence-corrected chi connectivity index (χ4v) is 3.30. The number of carbonyl (C=O) groups excluding carboxylic acids is 1. The van der Waals surface area contributed by atoms with E-state index in [9.17, 15) is 13.2 Å². The third-order valence-corrected chi connectivity index (χ3v) is 4.89. The molecule has 1 aromatic rings. The largest absolute Gasteiger partial charge is 0.349 e. The Morgan fingerprint density at radius 3 is 2.52 bits per heavy atom. The molecule has 0 saturated heterocycles. The maximum absolute atomic E-state index is 12.4. The van der Waals surface area contributed by atoms with Crippen LogP contribution in [0.4, 0.5) is 0 Å². The summed E-state index contributed by atoms with van der Waals surface area (Å²) in [6, 6.07) is 4.68. The van der Waals surface area contributed by atoms with Gasteiger partial charge in [-0.2, -0.15) is 0 Å². The van der Waals surface area contributed by atoms with Gasteiger partial charge in [0.1, 0.15) is 0 Å². The van der Waals surface area contributed by atoms with Gasteiger partial charge < -0.3 is 5.32 Å². The van der Waals surface area contributed by atoms with Crippen molar-refractivity contribution in [3.8, 4) is 0 Å². The van der Waals surface area contributed by atoms with Crippen LogP contribution in [-0.4, -0.2) is 20.4 Å². The molecule has 0 spiro atoms. The standard InChI is InChI=1S/C15H22N2O3S/c1-2-11-8-9-13(21(16,19)20)10-14(11)15(18)17-12-6-4-3-5-7-12/h8-10,12H,2-7H2,1H3,(H,17,18)(H2,16,19,20). The number of benzene rings is 1. The van der Waals surface area contributed by atoms with Gasteiger partial charge in [-0.25, -0.2) is 13.6 Å². The van der Waals surface area contributed by atoms with Crippen molar-refractivity contribution in [1.29, 1.82) is 0 Å². The van der Waals surface area contributed by atoms with Crippen LogP contribution in [0, 0.1) is 0 Å². The lowest BCUT2D eigenvalue weighted by atomic mass is 9.95. The van der Waals surface area contributed by atoms with Crippen LogP contribution in [0.25, 0.3) is 0 Å². The van der Waals surface area contributed by atoms with Crippen LogP contribution >= 0.6 is 0 Å². The Bertz CT molecular complexity index is 620. The van der Waals surface area contributed by atoms with E-state index in [1.807, 2.05) is 6.92 Å². The number of nitrogens with two attached hydrogens (primary N) is 1. The van der Waals surface area contributed by atoms with Gasteiger partial charge in [0.15, 0.2) is 0 Å². The molecule has 0 bridgehead atoms. The van der Waals surface area contributed by atoms with Crippen molar-refractivity contribution in [1.82, 2.24) is 5.32 Å². The van der Waals surface area contributed by atoms with E-state index in [1.54, 1.807) is 6.07 Å². The Balaban J connectivity index is 2.25. The summed E-state index contributed by atoms with van der Waals surface area (Å²) in [6.07, 6.45) is 6.11. The van der Waals surface area contributed by atoms with Gasteiger partial charge in [-0.3, -0.25) is 4.79 Å². The minimum absolute atomic E-state index is 0.0199. The van der Waals surface area contributed by atoms with Gasteiger partial charge in [0.2, 0.25) is 10.0 Å². The molecule has 6 heteroatoms. The smallest absolute Gasteiger partial charge is 0.251 e. The molecule has 1 aliphatic rings. The van der Waals surface area contributed by atoms with E-state index in [2.05, 4.69) is 5.32 Å². The number of rotatable bonds is 4.